The lowest BCUT2D eigenvalue weighted by atomic mass is 10.1. The van der Waals surface area contributed by atoms with Gasteiger partial charge in [-0.25, -0.2) is 4.79 Å². The number of thiophene rings is 1. The summed E-state index contributed by atoms with van der Waals surface area (Å²) in [5, 5.41) is 11.3. The van der Waals surface area contributed by atoms with Crippen molar-refractivity contribution >= 4 is 17.3 Å². The van der Waals surface area contributed by atoms with E-state index in [4.69, 9.17) is 0 Å². The minimum Gasteiger partial charge on any atom is -0.478 e. The molecule has 106 valence electrons. The highest BCUT2D eigenvalue weighted by molar-refractivity contribution is 7.09. The summed E-state index contributed by atoms with van der Waals surface area (Å²) >= 11 is 1.76. The summed E-state index contributed by atoms with van der Waals surface area (Å²) in [4.78, 5) is 14.8. The molecule has 1 aromatic carbocycles. The van der Waals surface area contributed by atoms with E-state index in [1.807, 2.05) is 19.2 Å². The standard InChI is InChI=1S/C16H19NO2S/c1-12(10-14-7-5-9-20-14)17(2)11-13-6-3-4-8-15(13)16(18)19/h3-9,12H,10-11H2,1-2H3,(H,18,19). The highest BCUT2D eigenvalue weighted by atomic mass is 32.1. The quantitative estimate of drug-likeness (QED) is 0.884. The second-order valence-electron chi connectivity index (χ2n) is 5.01. The Bertz CT molecular complexity index is 566. The molecule has 1 unspecified atom stereocenters. The molecule has 1 atom stereocenters. The fraction of sp³-hybridized carbons (Fsp3) is 0.312. The molecule has 2 rings (SSSR count). The van der Waals surface area contributed by atoms with Gasteiger partial charge in [-0.3, -0.25) is 4.90 Å². The number of aromatic carboxylic acids is 1. The summed E-state index contributed by atoms with van der Waals surface area (Å²) in [6, 6.07) is 11.8. The van der Waals surface area contributed by atoms with Crippen LogP contribution in [0, 0.1) is 0 Å². The molecule has 0 bridgehead atoms. The Labute approximate surface area is 123 Å². The second kappa shape index (κ2) is 6.68. The number of rotatable bonds is 6. The maximum absolute atomic E-state index is 11.2. The van der Waals surface area contributed by atoms with Crippen LogP contribution in [-0.4, -0.2) is 29.1 Å². The van der Waals surface area contributed by atoms with Gasteiger partial charge in [0.15, 0.2) is 0 Å². The van der Waals surface area contributed by atoms with E-state index in [-0.39, 0.29) is 0 Å². The molecule has 0 amide bonds. The summed E-state index contributed by atoms with van der Waals surface area (Å²) in [5.41, 5.74) is 1.25. The van der Waals surface area contributed by atoms with Gasteiger partial charge in [0, 0.05) is 17.5 Å². The van der Waals surface area contributed by atoms with Crippen LogP contribution in [0.3, 0.4) is 0 Å². The van der Waals surface area contributed by atoms with E-state index >= 15 is 0 Å². The van der Waals surface area contributed by atoms with Crippen molar-refractivity contribution in [2.24, 2.45) is 0 Å². The number of nitrogens with zero attached hydrogens (tertiary/aromatic N) is 1. The Hall–Kier alpha value is -1.65. The number of hydrogen-bond acceptors (Lipinski definition) is 3. The van der Waals surface area contributed by atoms with Gasteiger partial charge in [-0.05, 0) is 43.5 Å². The third-order valence-electron chi connectivity index (χ3n) is 3.50. The first-order valence-corrected chi connectivity index (χ1v) is 7.49. The Morgan fingerprint density at radius 2 is 2.05 bits per heavy atom. The SMILES string of the molecule is CC(Cc1cccs1)N(C)Cc1ccccc1C(=O)O. The van der Waals surface area contributed by atoms with Crippen molar-refractivity contribution in [3.05, 3.63) is 57.8 Å². The summed E-state index contributed by atoms with van der Waals surface area (Å²) < 4.78 is 0. The second-order valence-corrected chi connectivity index (χ2v) is 6.04. The van der Waals surface area contributed by atoms with Crippen LogP contribution in [0.2, 0.25) is 0 Å². The van der Waals surface area contributed by atoms with Gasteiger partial charge in [-0.2, -0.15) is 0 Å². The molecule has 3 nitrogen and oxygen atoms in total. The molecule has 20 heavy (non-hydrogen) atoms. The van der Waals surface area contributed by atoms with Crippen molar-refractivity contribution in [3.8, 4) is 0 Å². The minimum atomic E-state index is -0.861. The fourth-order valence-electron chi connectivity index (χ4n) is 2.17. The lowest BCUT2D eigenvalue weighted by Crippen LogP contribution is -2.30. The minimum absolute atomic E-state index is 0.371. The van der Waals surface area contributed by atoms with Crippen LogP contribution >= 0.6 is 11.3 Å². The molecule has 0 radical (unpaired) electrons. The Morgan fingerprint density at radius 1 is 1.30 bits per heavy atom. The Kier molecular flexibility index (Phi) is 4.93. The predicted molar refractivity (Wildman–Crippen MR) is 82.4 cm³/mol. The number of carboxylic acids is 1. The maximum atomic E-state index is 11.2. The predicted octanol–water partition coefficient (Wildman–Crippen LogP) is 3.51. The first kappa shape index (κ1) is 14.8. The van der Waals surface area contributed by atoms with Crippen LogP contribution in [0.25, 0.3) is 0 Å². The van der Waals surface area contributed by atoms with Gasteiger partial charge in [-0.1, -0.05) is 24.3 Å². The van der Waals surface area contributed by atoms with Crippen molar-refractivity contribution in [2.75, 3.05) is 7.05 Å². The maximum Gasteiger partial charge on any atom is 0.336 e. The molecule has 1 N–H and O–H groups in total. The van der Waals surface area contributed by atoms with E-state index in [9.17, 15) is 9.90 Å². The summed E-state index contributed by atoms with van der Waals surface area (Å²) in [6.07, 6.45) is 0.989. The molecule has 0 aliphatic carbocycles. The highest BCUT2D eigenvalue weighted by Crippen LogP contribution is 2.17. The van der Waals surface area contributed by atoms with Crippen LogP contribution in [0.4, 0.5) is 0 Å². The van der Waals surface area contributed by atoms with Crippen LogP contribution in [0.5, 0.6) is 0 Å². The number of carbonyl (C=O) groups is 1. The van der Waals surface area contributed by atoms with Crippen molar-refractivity contribution in [2.45, 2.75) is 25.9 Å². The van der Waals surface area contributed by atoms with Crippen molar-refractivity contribution in [3.63, 3.8) is 0 Å². The van der Waals surface area contributed by atoms with Crippen LogP contribution in [0.1, 0.15) is 27.7 Å². The van der Waals surface area contributed by atoms with E-state index in [0.717, 1.165) is 12.0 Å². The van der Waals surface area contributed by atoms with E-state index in [0.29, 0.717) is 18.2 Å². The molecule has 2 aromatic rings. The summed E-state index contributed by atoms with van der Waals surface area (Å²) in [5.74, 6) is -0.861. The van der Waals surface area contributed by atoms with Gasteiger partial charge in [0.25, 0.3) is 0 Å². The lowest BCUT2D eigenvalue weighted by molar-refractivity contribution is 0.0694. The molecule has 0 spiro atoms. The number of carboxylic acid groups (broad SMARTS) is 1. The Morgan fingerprint density at radius 3 is 2.70 bits per heavy atom. The van der Waals surface area contributed by atoms with Crippen molar-refractivity contribution < 1.29 is 9.90 Å². The number of hydrogen-bond donors (Lipinski definition) is 1. The van der Waals surface area contributed by atoms with Gasteiger partial charge in [0.2, 0.25) is 0 Å². The largest absolute Gasteiger partial charge is 0.478 e. The molecule has 0 aliphatic heterocycles. The zero-order valence-electron chi connectivity index (χ0n) is 11.7. The first-order valence-electron chi connectivity index (χ1n) is 6.61. The van der Waals surface area contributed by atoms with E-state index < -0.39 is 5.97 Å². The Balaban J connectivity index is 2.04. The lowest BCUT2D eigenvalue weighted by Gasteiger charge is -2.25. The average Bonchev–Trinajstić information content (AvgIpc) is 2.91. The topological polar surface area (TPSA) is 40.5 Å². The van der Waals surface area contributed by atoms with Gasteiger partial charge in [0.05, 0.1) is 5.56 Å². The molecule has 4 heteroatoms. The molecule has 1 aromatic heterocycles. The third kappa shape index (κ3) is 3.68. The third-order valence-corrected chi connectivity index (χ3v) is 4.40. The fourth-order valence-corrected chi connectivity index (χ4v) is 2.99. The molecular weight excluding hydrogens is 270 g/mol. The van der Waals surface area contributed by atoms with Crippen LogP contribution < -0.4 is 0 Å². The van der Waals surface area contributed by atoms with Gasteiger partial charge in [0.1, 0.15) is 0 Å². The monoisotopic (exact) mass is 289 g/mol. The molecule has 0 saturated carbocycles. The molecule has 0 saturated heterocycles. The summed E-state index contributed by atoms with van der Waals surface area (Å²) in [6.45, 7) is 2.82. The first-order chi connectivity index (χ1) is 9.58. The van der Waals surface area contributed by atoms with Crippen molar-refractivity contribution in [1.82, 2.24) is 4.90 Å². The number of likely N-dealkylation sites (N-methyl/N-ethyl adjacent to an activating group) is 1. The highest BCUT2D eigenvalue weighted by Gasteiger charge is 2.15. The molecular formula is C16H19NO2S. The van der Waals surface area contributed by atoms with Crippen LogP contribution in [0.15, 0.2) is 41.8 Å². The molecule has 0 aliphatic rings. The van der Waals surface area contributed by atoms with Crippen LogP contribution in [-0.2, 0) is 13.0 Å². The smallest absolute Gasteiger partial charge is 0.336 e. The van der Waals surface area contributed by atoms with Gasteiger partial charge >= 0.3 is 5.97 Å². The van der Waals surface area contributed by atoms with Gasteiger partial charge < -0.3 is 5.11 Å². The summed E-state index contributed by atoms with van der Waals surface area (Å²) in [7, 11) is 2.04. The molecule has 1 heterocycles. The zero-order chi connectivity index (χ0) is 14.5. The van der Waals surface area contributed by atoms with E-state index in [1.165, 1.54) is 4.88 Å². The van der Waals surface area contributed by atoms with E-state index in [2.05, 4.69) is 29.3 Å². The van der Waals surface area contributed by atoms with Crippen molar-refractivity contribution in [1.29, 1.82) is 0 Å². The zero-order valence-corrected chi connectivity index (χ0v) is 12.6. The molecule has 0 fully saturated rings. The average molecular weight is 289 g/mol. The number of benzene rings is 1. The normalized spacial score (nSPS) is 12.6. The van der Waals surface area contributed by atoms with E-state index in [1.54, 1.807) is 23.5 Å². The van der Waals surface area contributed by atoms with Gasteiger partial charge in [-0.15, -0.1) is 11.3 Å².